The fraction of sp³-hybridized carbons (Fsp3) is 0.727. The third-order valence-corrected chi connectivity index (χ3v) is 3.16. The van der Waals surface area contributed by atoms with Crippen LogP contribution in [0.15, 0.2) is 12.7 Å². The van der Waals surface area contributed by atoms with E-state index < -0.39 is 11.4 Å². The number of hydrogen-bond acceptors (Lipinski definition) is 2. The number of carboxylic acids is 1. The Morgan fingerprint density at radius 2 is 2.36 bits per heavy atom. The molecule has 1 heterocycles. The summed E-state index contributed by atoms with van der Waals surface area (Å²) >= 11 is 0. The predicted molar refractivity (Wildman–Crippen MR) is 56.2 cm³/mol. The molecule has 1 saturated heterocycles. The highest BCUT2D eigenvalue weighted by Crippen LogP contribution is 2.30. The Morgan fingerprint density at radius 3 is 2.86 bits per heavy atom. The molecule has 80 valence electrons. The minimum Gasteiger partial charge on any atom is -0.481 e. The fourth-order valence-electron chi connectivity index (χ4n) is 1.95. The Labute approximate surface area is 85.4 Å². The van der Waals surface area contributed by atoms with E-state index in [0.717, 1.165) is 19.4 Å². The molecular formula is C11H19NO2. The predicted octanol–water partition coefficient (Wildman–Crippen LogP) is 1.75. The molecule has 14 heavy (non-hydrogen) atoms. The zero-order chi connectivity index (χ0) is 10.8. The van der Waals surface area contributed by atoms with Gasteiger partial charge in [0.15, 0.2) is 0 Å². The lowest BCUT2D eigenvalue weighted by Gasteiger charge is -2.39. The lowest BCUT2D eigenvalue weighted by Crippen LogP contribution is -2.48. The number of aliphatic carboxylic acids is 1. The van der Waals surface area contributed by atoms with Gasteiger partial charge in [0.2, 0.25) is 0 Å². The Hall–Kier alpha value is -0.830. The standard InChI is InChI=1S/C11H19NO2/c1-4-9(2)12-7-5-6-11(3,8-12)10(13)14/h4,9H,1,5-8H2,2-3H3,(H,13,14). The monoisotopic (exact) mass is 197 g/mol. The number of likely N-dealkylation sites (tertiary alicyclic amines) is 1. The molecule has 3 nitrogen and oxygen atoms in total. The summed E-state index contributed by atoms with van der Waals surface area (Å²) in [6.45, 7) is 9.24. The molecule has 0 spiro atoms. The average molecular weight is 197 g/mol. The third-order valence-electron chi connectivity index (χ3n) is 3.16. The molecule has 2 atom stereocenters. The summed E-state index contributed by atoms with van der Waals surface area (Å²) in [5, 5.41) is 9.12. The van der Waals surface area contributed by atoms with Crippen LogP contribution in [0.1, 0.15) is 26.7 Å². The Kier molecular flexibility index (Phi) is 3.32. The van der Waals surface area contributed by atoms with Crippen molar-refractivity contribution in [3.8, 4) is 0 Å². The minimum absolute atomic E-state index is 0.272. The third kappa shape index (κ3) is 2.15. The quantitative estimate of drug-likeness (QED) is 0.701. The second kappa shape index (κ2) is 4.13. The second-order valence-electron chi connectivity index (χ2n) is 4.42. The molecule has 0 aromatic rings. The molecule has 0 aromatic heterocycles. The topological polar surface area (TPSA) is 40.5 Å². The summed E-state index contributed by atoms with van der Waals surface area (Å²) in [6, 6.07) is 0.272. The Balaban J connectivity index is 2.68. The zero-order valence-electron chi connectivity index (χ0n) is 8.99. The molecule has 1 rings (SSSR count). The highest BCUT2D eigenvalue weighted by Gasteiger charge is 2.38. The van der Waals surface area contributed by atoms with Gasteiger partial charge in [0.25, 0.3) is 0 Å². The average Bonchev–Trinajstić information content (AvgIpc) is 2.16. The van der Waals surface area contributed by atoms with Crippen LogP contribution in [-0.4, -0.2) is 35.1 Å². The molecule has 0 saturated carbocycles. The molecule has 0 radical (unpaired) electrons. The number of carbonyl (C=O) groups is 1. The van der Waals surface area contributed by atoms with Gasteiger partial charge in [0, 0.05) is 12.6 Å². The first-order valence-electron chi connectivity index (χ1n) is 5.09. The summed E-state index contributed by atoms with van der Waals surface area (Å²) in [4.78, 5) is 13.3. The van der Waals surface area contributed by atoms with Crippen LogP contribution in [0.4, 0.5) is 0 Å². The first kappa shape index (κ1) is 11.2. The normalized spacial score (nSPS) is 31.0. The van der Waals surface area contributed by atoms with Crippen LogP contribution >= 0.6 is 0 Å². The van der Waals surface area contributed by atoms with Crippen LogP contribution in [0.2, 0.25) is 0 Å². The number of carboxylic acid groups (broad SMARTS) is 1. The first-order valence-corrected chi connectivity index (χ1v) is 5.09. The smallest absolute Gasteiger partial charge is 0.310 e. The van der Waals surface area contributed by atoms with Gasteiger partial charge < -0.3 is 5.11 Å². The van der Waals surface area contributed by atoms with Crippen molar-refractivity contribution in [3.05, 3.63) is 12.7 Å². The maximum absolute atomic E-state index is 11.1. The van der Waals surface area contributed by atoms with Gasteiger partial charge in [-0.25, -0.2) is 0 Å². The van der Waals surface area contributed by atoms with E-state index in [0.29, 0.717) is 6.54 Å². The van der Waals surface area contributed by atoms with E-state index in [9.17, 15) is 4.79 Å². The van der Waals surface area contributed by atoms with Crippen LogP contribution in [0, 0.1) is 5.41 Å². The van der Waals surface area contributed by atoms with E-state index >= 15 is 0 Å². The minimum atomic E-state index is -0.682. The number of nitrogens with zero attached hydrogens (tertiary/aromatic N) is 1. The molecule has 1 aliphatic rings. The maximum atomic E-state index is 11.1. The molecule has 2 unspecified atom stereocenters. The second-order valence-corrected chi connectivity index (χ2v) is 4.42. The lowest BCUT2D eigenvalue weighted by atomic mass is 9.81. The van der Waals surface area contributed by atoms with Gasteiger partial charge in [-0.2, -0.15) is 0 Å². The Morgan fingerprint density at radius 1 is 1.71 bits per heavy atom. The molecule has 1 N–H and O–H groups in total. The van der Waals surface area contributed by atoms with Crippen molar-refractivity contribution in [1.29, 1.82) is 0 Å². The van der Waals surface area contributed by atoms with Gasteiger partial charge in [-0.1, -0.05) is 6.08 Å². The van der Waals surface area contributed by atoms with Crippen LogP contribution < -0.4 is 0 Å². The Bertz CT molecular complexity index is 239. The van der Waals surface area contributed by atoms with E-state index in [1.807, 2.05) is 13.0 Å². The van der Waals surface area contributed by atoms with Crippen molar-refractivity contribution in [2.75, 3.05) is 13.1 Å². The van der Waals surface area contributed by atoms with E-state index in [-0.39, 0.29) is 6.04 Å². The van der Waals surface area contributed by atoms with Gasteiger partial charge in [0.1, 0.15) is 0 Å². The summed E-state index contributed by atoms with van der Waals surface area (Å²) in [7, 11) is 0. The number of hydrogen-bond donors (Lipinski definition) is 1. The van der Waals surface area contributed by atoms with Crippen molar-refractivity contribution in [1.82, 2.24) is 4.90 Å². The highest BCUT2D eigenvalue weighted by molar-refractivity contribution is 5.74. The summed E-state index contributed by atoms with van der Waals surface area (Å²) in [6.07, 6.45) is 3.61. The molecule has 0 aromatic carbocycles. The largest absolute Gasteiger partial charge is 0.481 e. The van der Waals surface area contributed by atoms with E-state index in [2.05, 4.69) is 18.4 Å². The molecular weight excluding hydrogens is 178 g/mol. The van der Waals surface area contributed by atoms with Crippen molar-refractivity contribution in [3.63, 3.8) is 0 Å². The van der Waals surface area contributed by atoms with Gasteiger partial charge >= 0.3 is 5.97 Å². The number of rotatable bonds is 3. The zero-order valence-corrected chi connectivity index (χ0v) is 8.99. The lowest BCUT2D eigenvalue weighted by molar-refractivity contribution is -0.151. The van der Waals surface area contributed by atoms with E-state index in [1.54, 1.807) is 0 Å². The van der Waals surface area contributed by atoms with Gasteiger partial charge in [-0.3, -0.25) is 9.69 Å². The van der Waals surface area contributed by atoms with Gasteiger partial charge in [-0.05, 0) is 33.2 Å². The molecule has 1 aliphatic heterocycles. The summed E-state index contributed by atoms with van der Waals surface area (Å²) in [5.41, 5.74) is -0.574. The van der Waals surface area contributed by atoms with Crippen LogP contribution in [0.3, 0.4) is 0 Å². The van der Waals surface area contributed by atoms with Crippen molar-refractivity contribution in [2.24, 2.45) is 5.41 Å². The molecule has 1 fully saturated rings. The number of piperidine rings is 1. The van der Waals surface area contributed by atoms with Gasteiger partial charge in [0.05, 0.1) is 5.41 Å². The van der Waals surface area contributed by atoms with Crippen molar-refractivity contribution in [2.45, 2.75) is 32.7 Å². The van der Waals surface area contributed by atoms with Crippen LogP contribution in [0.5, 0.6) is 0 Å². The van der Waals surface area contributed by atoms with Gasteiger partial charge in [-0.15, -0.1) is 6.58 Å². The van der Waals surface area contributed by atoms with Crippen LogP contribution in [0.25, 0.3) is 0 Å². The maximum Gasteiger partial charge on any atom is 0.310 e. The van der Waals surface area contributed by atoms with E-state index in [1.165, 1.54) is 0 Å². The van der Waals surface area contributed by atoms with E-state index in [4.69, 9.17) is 5.11 Å². The highest BCUT2D eigenvalue weighted by atomic mass is 16.4. The van der Waals surface area contributed by atoms with Crippen LogP contribution in [-0.2, 0) is 4.79 Å². The summed E-state index contributed by atoms with van der Waals surface area (Å²) in [5.74, 6) is -0.682. The fourth-order valence-corrected chi connectivity index (χ4v) is 1.95. The molecule has 3 heteroatoms. The first-order chi connectivity index (χ1) is 6.49. The SMILES string of the molecule is C=CC(C)N1CCCC(C)(C(=O)O)C1. The molecule has 0 bridgehead atoms. The van der Waals surface area contributed by atoms with Crippen molar-refractivity contribution >= 4 is 5.97 Å². The molecule has 0 aliphatic carbocycles. The summed E-state index contributed by atoms with van der Waals surface area (Å²) < 4.78 is 0. The molecule has 0 amide bonds. The van der Waals surface area contributed by atoms with Crippen molar-refractivity contribution < 1.29 is 9.90 Å².